The summed E-state index contributed by atoms with van der Waals surface area (Å²) in [5.74, 6) is -1.46. The van der Waals surface area contributed by atoms with Crippen molar-refractivity contribution in [1.29, 1.82) is 5.26 Å². The fourth-order valence-electron chi connectivity index (χ4n) is 2.74. The molecule has 1 aliphatic heterocycles. The van der Waals surface area contributed by atoms with E-state index in [0.717, 1.165) is 6.07 Å². The largest absolute Gasteiger partial charge is 0.488 e. The van der Waals surface area contributed by atoms with E-state index in [0.29, 0.717) is 5.57 Å². The monoisotopic (exact) mass is 404 g/mol. The number of hydrogen-bond acceptors (Lipinski definition) is 5. The van der Waals surface area contributed by atoms with E-state index in [1.54, 1.807) is 13.0 Å². The number of nitrogens with one attached hydrogen (secondary N) is 2. The van der Waals surface area contributed by atoms with Crippen LogP contribution in [0, 0.1) is 17.1 Å². The molecule has 1 amide bonds. The maximum Gasteiger partial charge on any atom is 0.276 e. The van der Waals surface area contributed by atoms with Crippen LogP contribution in [0.15, 0.2) is 41.4 Å². The number of halogens is 1. The molecule has 0 saturated carbocycles. The predicted molar refractivity (Wildman–Crippen MR) is 98.9 cm³/mol. The van der Waals surface area contributed by atoms with Crippen LogP contribution in [0.1, 0.15) is 23.0 Å². The molecule has 1 aromatic heterocycles. The number of fused-ring (bicyclic) bond motifs is 1. The molecule has 0 unspecified atom stereocenters. The number of amides is 1. The molecule has 0 radical (unpaired) electrons. The first kappa shape index (κ1) is 19.6. The molecule has 3 rings (SSSR count). The summed E-state index contributed by atoms with van der Waals surface area (Å²) in [5.41, 5.74) is 0.508. The molecule has 10 heteroatoms. The lowest BCUT2D eigenvalue weighted by atomic mass is 10.2. The molecule has 1 atom stereocenters. The van der Waals surface area contributed by atoms with E-state index in [2.05, 4.69) is 16.6 Å². The van der Waals surface area contributed by atoms with Gasteiger partial charge in [-0.15, -0.1) is 0 Å². The van der Waals surface area contributed by atoms with Crippen LogP contribution < -0.4 is 14.8 Å². The number of aromatic nitrogens is 1. The summed E-state index contributed by atoms with van der Waals surface area (Å²) in [7, 11) is -2.42. The van der Waals surface area contributed by atoms with Crippen molar-refractivity contribution in [3.05, 3.63) is 53.6 Å². The summed E-state index contributed by atoms with van der Waals surface area (Å²) in [4.78, 5) is 12.6. The smallest absolute Gasteiger partial charge is 0.276 e. The zero-order valence-corrected chi connectivity index (χ0v) is 15.9. The molecule has 0 spiro atoms. The third-order valence-electron chi connectivity index (χ3n) is 4.24. The van der Waals surface area contributed by atoms with E-state index in [-0.39, 0.29) is 34.2 Å². The molecule has 2 aromatic rings. The zero-order valence-electron chi connectivity index (χ0n) is 15.1. The second-order valence-electron chi connectivity index (χ2n) is 6.37. The molecule has 0 saturated heterocycles. The van der Waals surface area contributed by atoms with Gasteiger partial charge in [-0.2, -0.15) is 5.26 Å². The summed E-state index contributed by atoms with van der Waals surface area (Å²) < 4.78 is 48.2. The minimum atomic E-state index is -3.93. The van der Waals surface area contributed by atoms with Gasteiger partial charge in [0.2, 0.25) is 10.0 Å². The van der Waals surface area contributed by atoms with Crippen LogP contribution in [0.2, 0.25) is 0 Å². The number of carbonyl (C=O) groups is 1. The van der Waals surface area contributed by atoms with Crippen molar-refractivity contribution in [3.63, 3.8) is 0 Å². The van der Waals surface area contributed by atoms with Gasteiger partial charge in [-0.25, -0.2) is 17.5 Å². The highest BCUT2D eigenvalue weighted by atomic mass is 32.2. The van der Waals surface area contributed by atoms with Gasteiger partial charge in [0.1, 0.15) is 23.4 Å². The number of benzene rings is 1. The number of hydrogen-bond donors (Lipinski definition) is 2. The van der Waals surface area contributed by atoms with Crippen molar-refractivity contribution < 1.29 is 22.3 Å². The topological polar surface area (TPSA) is 113 Å². The molecular weight excluding hydrogens is 387 g/mol. The highest BCUT2D eigenvalue weighted by molar-refractivity contribution is 7.89. The number of anilines is 1. The summed E-state index contributed by atoms with van der Waals surface area (Å²) in [6.07, 6.45) is 1.28. The van der Waals surface area contributed by atoms with E-state index < -0.39 is 27.8 Å². The van der Waals surface area contributed by atoms with Crippen LogP contribution in [0.25, 0.3) is 0 Å². The van der Waals surface area contributed by atoms with Gasteiger partial charge in [-0.3, -0.25) is 4.79 Å². The standard InChI is InChI=1S/C18H17FN4O4S/c1-10(2)14-9-27-17-15(28(25,26)22-14)8-23(3)16(17)18(24)21-12-4-5-13(19)11(6-12)7-20/h4-6,8,14,22H,1,9H2,2-3H3,(H,21,24)/t14-/m1/s1. The molecule has 0 bridgehead atoms. The Morgan fingerprint density at radius 3 is 2.86 bits per heavy atom. The summed E-state index contributed by atoms with van der Waals surface area (Å²) in [6, 6.07) is 4.60. The fourth-order valence-corrected chi connectivity index (χ4v) is 4.21. The lowest BCUT2D eigenvalue weighted by Gasteiger charge is -2.15. The molecule has 1 aliphatic rings. The molecule has 0 aliphatic carbocycles. The lowest BCUT2D eigenvalue weighted by molar-refractivity contribution is 0.101. The average Bonchev–Trinajstić information content (AvgIpc) is 2.90. The fraction of sp³-hybridized carbons (Fsp3) is 0.222. The van der Waals surface area contributed by atoms with Crippen molar-refractivity contribution in [2.45, 2.75) is 17.9 Å². The van der Waals surface area contributed by atoms with E-state index in [1.165, 1.54) is 29.9 Å². The van der Waals surface area contributed by atoms with E-state index in [9.17, 15) is 17.6 Å². The first-order chi connectivity index (χ1) is 13.1. The van der Waals surface area contributed by atoms with Gasteiger partial charge in [-0.1, -0.05) is 12.2 Å². The van der Waals surface area contributed by atoms with Crippen LogP contribution in [0.5, 0.6) is 5.75 Å². The first-order valence-electron chi connectivity index (χ1n) is 8.15. The van der Waals surface area contributed by atoms with Gasteiger partial charge in [0.05, 0.1) is 11.6 Å². The Bertz CT molecular complexity index is 1130. The third-order valence-corrected chi connectivity index (χ3v) is 5.70. The van der Waals surface area contributed by atoms with E-state index in [1.807, 2.05) is 0 Å². The summed E-state index contributed by atoms with van der Waals surface area (Å²) in [6.45, 7) is 5.38. The summed E-state index contributed by atoms with van der Waals surface area (Å²) >= 11 is 0. The van der Waals surface area contributed by atoms with E-state index >= 15 is 0 Å². The average molecular weight is 404 g/mol. The predicted octanol–water partition coefficient (Wildman–Crippen LogP) is 1.90. The normalized spacial score (nSPS) is 17.6. The minimum Gasteiger partial charge on any atom is -0.488 e. The Morgan fingerprint density at radius 2 is 2.21 bits per heavy atom. The molecule has 146 valence electrons. The Morgan fingerprint density at radius 1 is 1.50 bits per heavy atom. The van der Waals surface area contributed by atoms with Gasteiger partial charge in [0, 0.05) is 18.9 Å². The van der Waals surface area contributed by atoms with Crippen LogP contribution in [-0.2, 0) is 17.1 Å². The van der Waals surface area contributed by atoms with Crippen LogP contribution in [-0.4, -0.2) is 31.5 Å². The Hall–Kier alpha value is -3.16. The van der Waals surface area contributed by atoms with Gasteiger partial charge < -0.3 is 14.6 Å². The number of ether oxygens (including phenoxy) is 1. The lowest BCUT2D eigenvalue weighted by Crippen LogP contribution is -2.37. The van der Waals surface area contributed by atoms with Crippen molar-refractivity contribution in [3.8, 4) is 11.8 Å². The van der Waals surface area contributed by atoms with Gasteiger partial charge in [-0.05, 0) is 25.1 Å². The Kier molecular flexibility index (Phi) is 4.97. The molecule has 2 heterocycles. The second kappa shape index (κ2) is 7.10. The molecule has 1 aromatic carbocycles. The molecule has 2 N–H and O–H groups in total. The summed E-state index contributed by atoms with van der Waals surface area (Å²) in [5, 5.41) is 11.4. The van der Waals surface area contributed by atoms with Crippen LogP contribution >= 0.6 is 0 Å². The molecule has 0 fully saturated rings. The zero-order chi connectivity index (χ0) is 20.6. The van der Waals surface area contributed by atoms with Crippen molar-refractivity contribution in [2.24, 2.45) is 7.05 Å². The highest BCUT2D eigenvalue weighted by Crippen LogP contribution is 2.33. The van der Waals surface area contributed by atoms with Crippen molar-refractivity contribution in [1.82, 2.24) is 9.29 Å². The number of rotatable bonds is 3. The third kappa shape index (κ3) is 3.49. The molecular formula is C18H17FN4O4S. The van der Waals surface area contributed by atoms with Crippen molar-refractivity contribution >= 4 is 21.6 Å². The Labute approximate surface area is 161 Å². The second-order valence-corrected chi connectivity index (χ2v) is 8.06. The maximum absolute atomic E-state index is 13.5. The number of nitrogens with zero attached hydrogens (tertiary/aromatic N) is 2. The maximum atomic E-state index is 13.5. The first-order valence-corrected chi connectivity index (χ1v) is 9.63. The number of nitriles is 1. The number of carbonyl (C=O) groups excluding carboxylic acids is 1. The van der Waals surface area contributed by atoms with Crippen molar-refractivity contribution in [2.75, 3.05) is 11.9 Å². The van der Waals surface area contributed by atoms with Gasteiger partial charge >= 0.3 is 0 Å². The van der Waals surface area contributed by atoms with Gasteiger partial charge in [0.25, 0.3) is 5.91 Å². The van der Waals surface area contributed by atoms with Crippen LogP contribution in [0.3, 0.4) is 0 Å². The van der Waals surface area contributed by atoms with E-state index in [4.69, 9.17) is 10.00 Å². The quantitative estimate of drug-likeness (QED) is 0.759. The minimum absolute atomic E-state index is 0.0226. The highest BCUT2D eigenvalue weighted by Gasteiger charge is 2.34. The SMILES string of the molecule is C=C(C)[C@H]1COc2c(cn(C)c2C(=O)Nc2ccc(F)c(C#N)c2)S(=O)(=O)N1. The van der Waals surface area contributed by atoms with Crippen LogP contribution in [0.4, 0.5) is 10.1 Å². The van der Waals surface area contributed by atoms with Gasteiger partial charge in [0.15, 0.2) is 11.4 Å². The number of sulfonamides is 1. The molecule has 28 heavy (non-hydrogen) atoms. The number of aryl methyl sites for hydroxylation is 1. The Balaban J connectivity index is 1.99. The molecule has 8 nitrogen and oxygen atoms in total.